The molecule has 0 aliphatic carbocycles. The lowest BCUT2D eigenvalue weighted by Gasteiger charge is -2.02. The maximum Gasteiger partial charge on any atom is 0.205 e. The fraction of sp³-hybridized carbons (Fsp3) is 0.154. The highest BCUT2D eigenvalue weighted by Gasteiger charge is 2.14. The van der Waals surface area contributed by atoms with Crippen LogP contribution in [0.25, 0.3) is 0 Å². The van der Waals surface area contributed by atoms with Gasteiger partial charge < -0.3 is 5.73 Å². The molecule has 0 atom stereocenters. The number of carbonyl (C=O) groups is 1. The number of halogens is 1. The first-order valence-corrected chi connectivity index (χ1v) is 6.12. The Hall–Kier alpha value is -1.68. The van der Waals surface area contributed by atoms with Crippen molar-refractivity contribution in [2.24, 2.45) is 0 Å². The summed E-state index contributed by atoms with van der Waals surface area (Å²) in [5.74, 6) is -0.577. The minimum atomic E-state index is -0.431. The minimum absolute atomic E-state index is 0.146. The summed E-state index contributed by atoms with van der Waals surface area (Å²) in [6, 6.07) is 7.56. The third-order valence-electron chi connectivity index (χ3n) is 2.49. The molecule has 0 aliphatic heterocycles. The Morgan fingerprint density at radius 1 is 1.35 bits per heavy atom. The highest BCUT2D eigenvalue weighted by atomic mass is 32.1. The van der Waals surface area contributed by atoms with Crippen LogP contribution in [0, 0.1) is 5.82 Å². The van der Waals surface area contributed by atoms with Gasteiger partial charge in [0.1, 0.15) is 5.82 Å². The molecule has 1 aromatic carbocycles. The number of rotatable bonds is 3. The molecule has 88 valence electrons. The maximum atomic E-state index is 12.9. The van der Waals surface area contributed by atoms with E-state index in [1.165, 1.54) is 29.5 Å². The van der Waals surface area contributed by atoms with Crippen molar-refractivity contribution in [2.45, 2.75) is 13.3 Å². The molecule has 0 spiro atoms. The van der Waals surface area contributed by atoms with E-state index >= 15 is 0 Å². The Morgan fingerprint density at radius 3 is 2.71 bits per heavy atom. The van der Waals surface area contributed by atoms with Gasteiger partial charge in [0.25, 0.3) is 0 Å². The number of thiophene rings is 1. The van der Waals surface area contributed by atoms with Crippen LogP contribution in [0.5, 0.6) is 0 Å². The predicted octanol–water partition coefficient (Wildman–Crippen LogP) is 3.26. The highest BCUT2D eigenvalue weighted by molar-refractivity contribution is 7.14. The van der Waals surface area contributed by atoms with Gasteiger partial charge in [-0.3, -0.25) is 4.79 Å². The Bertz CT molecular complexity index is 562. The normalized spacial score (nSPS) is 10.5. The second-order valence-electron chi connectivity index (χ2n) is 3.68. The summed E-state index contributed by atoms with van der Waals surface area (Å²) in [6.45, 7) is 2.03. The molecule has 0 bridgehead atoms. The largest absolute Gasteiger partial charge is 0.398 e. The lowest BCUT2D eigenvalue weighted by atomic mass is 10.1. The number of carbonyl (C=O) groups excluding carboxylic acids is 1. The van der Waals surface area contributed by atoms with Gasteiger partial charge in [0.05, 0.1) is 4.88 Å². The summed E-state index contributed by atoms with van der Waals surface area (Å²) in [5.41, 5.74) is 6.18. The lowest BCUT2D eigenvalue weighted by molar-refractivity contribution is 0.104. The zero-order chi connectivity index (χ0) is 12.4. The number of hydrogen-bond donors (Lipinski definition) is 1. The molecule has 0 radical (unpaired) electrons. The summed E-state index contributed by atoms with van der Waals surface area (Å²) >= 11 is 1.45. The molecule has 17 heavy (non-hydrogen) atoms. The molecule has 2 aromatic rings. The summed E-state index contributed by atoms with van der Waals surface area (Å²) < 4.78 is 12.9. The van der Waals surface area contributed by atoms with Gasteiger partial charge in [0.2, 0.25) is 5.78 Å². The van der Waals surface area contributed by atoms with Crippen molar-refractivity contribution < 1.29 is 9.18 Å². The summed E-state index contributed by atoms with van der Waals surface area (Å²) in [4.78, 5) is 13.9. The average Bonchev–Trinajstić information content (AvgIpc) is 2.76. The van der Waals surface area contributed by atoms with Crippen molar-refractivity contribution in [2.75, 3.05) is 5.73 Å². The van der Waals surface area contributed by atoms with Crippen molar-refractivity contribution in [3.05, 3.63) is 51.5 Å². The quantitative estimate of drug-likeness (QED) is 0.670. The monoisotopic (exact) mass is 249 g/mol. The first-order valence-electron chi connectivity index (χ1n) is 5.30. The number of nitrogens with two attached hydrogens (primary N) is 1. The van der Waals surface area contributed by atoms with Gasteiger partial charge in [0.15, 0.2) is 0 Å². The van der Waals surface area contributed by atoms with Crippen molar-refractivity contribution in [1.29, 1.82) is 0 Å². The molecule has 2 rings (SSSR count). The summed E-state index contributed by atoms with van der Waals surface area (Å²) in [7, 11) is 0. The number of aryl methyl sites for hydroxylation is 1. The molecular weight excluding hydrogens is 237 g/mol. The topological polar surface area (TPSA) is 43.1 Å². The van der Waals surface area contributed by atoms with E-state index in [0.29, 0.717) is 10.4 Å². The van der Waals surface area contributed by atoms with E-state index in [1.807, 2.05) is 13.0 Å². The molecule has 4 heteroatoms. The zero-order valence-electron chi connectivity index (χ0n) is 9.37. The van der Waals surface area contributed by atoms with Crippen LogP contribution in [0.4, 0.5) is 10.1 Å². The smallest absolute Gasteiger partial charge is 0.205 e. The summed E-state index contributed by atoms with van der Waals surface area (Å²) in [5, 5.41) is 0. The number of nitrogen functional groups attached to an aromatic ring is 1. The molecule has 0 saturated heterocycles. The van der Waals surface area contributed by atoms with Crippen molar-refractivity contribution in [3.8, 4) is 0 Å². The van der Waals surface area contributed by atoms with Crippen LogP contribution in [0.3, 0.4) is 0 Å². The van der Waals surface area contributed by atoms with Crippen LogP contribution in [0.15, 0.2) is 30.3 Å². The lowest BCUT2D eigenvalue weighted by Crippen LogP contribution is -2.03. The van der Waals surface area contributed by atoms with E-state index in [1.54, 1.807) is 6.07 Å². The van der Waals surface area contributed by atoms with E-state index in [2.05, 4.69) is 0 Å². The molecule has 2 nitrogen and oxygen atoms in total. The van der Waals surface area contributed by atoms with Crippen LogP contribution >= 0.6 is 11.3 Å². The highest BCUT2D eigenvalue weighted by Crippen LogP contribution is 2.23. The van der Waals surface area contributed by atoms with E-state index in [-0.39, 0.29) is 11.5 Å². The van der Waals surface area contributed by atoms with Crippen LogP contribution in [0.1, 0.15) is 27.0 Å². The Balaban J connectivity index is 2.36. The fourth-order valence-electron chi connectivity index (χ4n) is 1.56. The molecule has 0 unspecified atom stereocenters. The maximum absolute atomic E-state index is 12.9. The molecule has 2 N–H and O–H groups in total. The number of ketones is 1. The van der Waals surface area contributed by atoms with E-state index in [0.717, 1.165) is 11.3 Å². The molecule has 0 amide bonds. The standard InChI is InChI=1S/C13H12FNOS/c1-2-9-4-6-12(17-9)13(16)10-5-3-8(14)7-11(10)15/h3-7H,2,15H2,1H3. The summed E-state index contributed by atoms with van der Waals surface area (Å²) in [6.07, 6.45) is 0.900. The molecule has 1 aromatic heterocycles. The molecule has 0 aliphatic rings. The average molecular weight is 249 g/mol. The first kappa shape index (κ1) is 11.8. The van der Waals surface area contributed by atoms with Crippen molar-refractivity contribution in [3.63, 3.8) is 0 Å². The fourth-order valence-corrected chi connectivity index (χ4v) is 2.46. The van der Waals surface area contributed by atoms with Crippen LogP contribution < -0.4 is 5.73 Å². The van der Waals surface area contributed by atoms with Crippen LogP contribution in [0.2, 0.25) is 0 Å². The Morgan fingerprint density at radius 2 is 2.12 bits per heavy atom. The minimum Gasteiger partial charge on any atom is -0.398 e. The number of benzene rings is 1. The Kier molecular flexibility index (Phi) is 3.24. The Labute approximate surface area is 103 Å². The molecular formula is C13H12FNOS. The van der Waals surface area contributed by atoms with Crippen LogP contribution in [-0.2, 0) is 6.42 Å². The van der Waals surface area contributed by atoms with Gasteiger partial charge in [-0.15, -0.1) is 11.3 Å². The van der Waals surface area contributed by atoms with Gasteiger partial charge in [-0.2, -0.15) is 0 Å². The molecule has 0 saturated carbocycles. The van der Waals surface area contributed by atoms with E-state index < -0.39 is 5.82 Å². The predicted molar refractivity (Wildman–Crippen MR) is 67.9 cm³/mol. The molecule has 0 fully saturated rings. The van der Waals surface area contributed by atoms with Gasteiger partial charge >= 0.3 is 0 Å². The first-order chi connectivity index (χ1) is 8.11. The molecule has 1 heterocycles. The second-order valence-corrected chi connectivity index (χ2v) is 4.85. The zero-order valence-corrected chi connectivity index (χ0v) is 10.2. The van der Waals surface area contributed by atoms with E-state index in [4.69, 9.17) is 5.73 Å². The van der Waals surface area contributed by atoms with Crippen molar-refractivity contribution in [1.82, 2.24) is 0 Å². The second kappa shape index (κ2) is 4.67. The SMILES string of the molecule is CCc1ccc(C(=O)c2ccc(F)cc2N)s1. The van der Waals surface area contributed by atoms with E-state index in [9.17, 15) is 9.18 Å². The van der Waals surface area contributed by atoms with Gasteiger partial charge in [-0.05, 0) is 36.8 Å². The van der Waals surface area contributed by atoms with Gasteiger partial charge in [-0.25, -0.2) is 4.39 Å². The third kappa shape index (κ3) is 2.36. The third-order valence-corrected chi connectivity index (χ3v) is 3.72. The van der Waals surface area contributed by atoms with Gasteiger partial charge in [-0.1, -0.05) is 6.92 Å². The van der Waals surface area contributed by atoms with Crippen molar-refractivity contribution >= 4 is 22.8 Å². The van der Waals surface area contributed by atoms with Gasteiger partial charge in [0, 0.05) is 16.1 Å². The number of hydrogen-bond acceptors (Lipinski definition) is 3. The number of anilines is 1. The van der Waals surface area contributed by atoms with Crippen LogP contribution in [-0.4, -0.2) is 5.78 Å².